The molecule has 0 saturated heterocycles. The molecule has 1 fully saturated rings. The molecule has 10 heteroatoms. The molecule has 0 spiro atoms. The number of sulfonamides is 1. The molecule has 1 aliphatic rings. The van der Waals surface area contributed by atoms with Gasteiger partial charge in [-0.15, -0.1) is 0 Å². The van der Waals surface area contributed by atoms with Gasteiger partial charge in [0.25, 0.3) is 10.0 Å². The highest BCUT2D eigenvalue weighted by Gasteiger charge is 2.33. The minimum absolute atomic E-state index is 0.0165. The van der Waals surface area contributed by atoms with Crippen molar-refractivity contribution in [1.29, 1.82) is 0 Å². The molecule has 1 aliphatic carbocycles. The lowest BCUT2D eigenvalue weighted by Crippen LogP contribution is -2.53. The standard InChI is InChI=1S/C31H35Cl2N3O4S/c1-23(31(38)34-27-13-7-3-8-14-27)35(18-17-24-11-5-2-6-12-24)30(37)22-36(28-20-25(32)19-26(33)21-28)41(39,40)29-15-9-4-10-16-29/h2,4-6,9-12,15-16,19-21,23,27H,3,7-8,13-14,17-18,22H2,1H3,(H,34,38)/t23-/m0/s1. The summed E-state index contributed by atoms with van der Waals surface area (Å²) < 4.78 is 28.7. The van der Waals surface area contributed by atoms with Crippen LogP contribution in [-0.2, 0) is 26.0 Å². The molecule has 3 aromatic carbocycles. The quantitative estimate of drug-likeness (QED) is 0.282. The highest BCUT2D eigenvalue weighted by molar-refractivity contribution is 7.92. The Morgan fingerprint density at radius 3 is 2.10 bits per heavy atom. The summed E-state index contributed by atoms with van der Waals surface area (Å²) in [5.74, 6) is -0.760. The Morgan fingerprint density at radius 1 is 0.902 bits per heavy atom. The molecule has 0 bridgehead atoms. The lowest BCUT2D eigenvalue weighted by atomic mass is 9.95. The highest BCUT2D eigenvalue weighted by Crippen LogP contribution is 2.30. The lowest BCUT2D eigenvalue weighted by Gasteiger charge is -2.33. The van der Waals surface area contributed by atoms with Crippen molar-refractivity contribution < 1.29 is 18.0 Å². The van der Waals surface area contributed by atoms with Gasteiger partial charge in [0.05, 0.1) is 10.6 Å². The third kappa shape index (κ3) is 8.24. The topological polar surface area (TPSA) is 86.8 Å². The fourth-order valence-electron chi connectivity index (χ4n) is 5.07. The van der Waals surface area contributed by atoms with Gasteiger partial charge in [-0.05, 0) is 62.1 Å². The van der Waals surface area contributed by atoms with E-state index in [4.69, 9.17) is 23.2 Å². The van der Waals surface area contributed by atoms with Crippen LogP contribution >= 0.6 is 23.2 Å². The van der Waals surface area contributed by atoms with Gasteiger partial charge < -0.3 is 10.2 Å². The Kier molecular flexibility index (Phi) is 10.7. The van der Waals surface area contributed by atoms with Gasteiger partial charge in [0, 0.05) is 22.6 Å². The van der Waals surface area contributed by atoms with Gasteiger partial charge in [-0.25, -0.2) is 8.42 Å². The number of nitrogens with one attached hydrogen (secondary N) is 1. The molecular weight excluding hydrogens is 581 g/mol. The Morgan fingerprint density at radius 2 is 1.49 bits per heavy atom. The van der Waals surface area contributed by atoms with Crippen molar-refractivity contribution in [3.63, 3.8) is 0 Å². The predicted molar refractivity (Wildman–Crippen MR) is 164 cm³/mol. The largest absolute Gasteiger partial charge is 0.352 e. The van der Waals surface area contributed by atoms with Crippen LogP contribution < -0.4 is 9.62 Å². The maximum atomic E-state index is 14.0. The number of hydrogen-bond donors (Lipinski definition) is 1. The second-order valence-corrected chi connectivity index (χ2v) is 13.0. The predicted octanol–water partition coefficient (Wildman–Crippen LogP) is 6.10. The monoisotopic (exact) mass is 615 g/mol. The van der Waals surface area contributed by atoms with E-state index in [0.29, 0.717) is 6.42 Å². The zero-order chi connectivity index (χ0) is 29.4. The number of nitrogens with zero attached hydrogens (tertiary/aromatic N) is 2. The molecule has 1 saturated carbocycles. The summed E-state index contributed by atoms with van der Waals surface area (Å²) in [6.07, 6.45) is 5.60. The number of amides is 2. The number of hydrogen-bond acceptors (Lipinski definition) is 4. The molecule has 218 valence electrons. The second-order valence-electron chi connectivity index (χ2n) is 10.3. The second kappa shape index (κ2) is 14.2. The number of rotatable bonds is 11. The van der Waals surface area contributed by atoms with Crippen molar-refractivity contribution in [3.8, 4) is 0 Å². The van der Waals surface area contributed by atoms with Crippen LogP contribution in [0, 0.1) is 0 Å². The van der Waals surface area contributed by atoms with Crippen LogP contribution in [0.25, 0.3) is 0 Å². The van der Waals surface area contributed by atoms with Gasteiger partial charge in [-0.2, -0.15) is 0 Å². The van der Waals surface area contributed by atoms with Crippen LogP contribution in [0.1, 0.15) is 44.6 Å². The van der Waals surface area contributed by atoms with Crippen LogP contribution in [0.15, 0.2) is 83.8 Å². The van der Waals surface area contributed by atoms with E-state index < -0.39 is 28.5 Å². The SMILES string of the molecule is C[C@@H](C(=O)NC1CCCCC1)N(CCc1ccccc1)C(=O)CN(c1cc(Cl)cc(Cl)c1)S(=O)(=O)c1ccccc1. The van der Waals surface area contributed by atoms with Crippen molar-refractivity contribution in [2.45, 2.75) is 62.4 Å². The smallest absolute Gasteiger partial charge is 0.264 e. The first kappa shape index (κ1) is 30.9. The molecular formula is C31H35Cl2N3O4S. The van der Waals surface area contributed by atoms with E-state index in [1.54, 1.807) is 25.1 Å². The van der Waals surface area contributed by atoms with E-state index in [9.17, 15) is 18.0 Å². The zero-order valence-electron chi connectivity index (χ0n) is 23.0. The molecule has 0 aliphatic heterocycles. The maximum absolute atomic E-state index is 14.0. The fourth-order valence-corrected chi connectivity index (χ4v) is 7.00. The summed E-state index contributed by atoms with van der Waals surface area (Å²) >= 11 is 12.5. The summed E-state index contributed by atoms with van der Waals surface area (Å²) in [6.45, 7) is 1.38. The van der Waals surface area contributed by atoms with Gasteiger partial charge in [-0.3, -0.25) is 13.9 Å². The van der Waals surface area contributed by atoms with Gasteiger partial charge in [0.15, 0.2) is 0 Å². The lowest BCUT2D eigenvalue weighted by molar-refractivity contribution is -0.139. The van der Waals surface area contributed by atoms with E-state index in [2.05, 4.69) is 5.32 Å². The first-order valence-corrected chi connectivity index (χ1v) is 16.0. The van der Waals surface area contributed by atoms with Crippen molar-refractivity contribution in [1.82, 2.24) is 10.2 Å². The molecule has 41 heavy (non-hydrogen) atoms. The summed E-state index contributed by atoms with van der Waals surface area (Å²) in [6, 6.07) is 21.2. The van der Waals surface area contributed by atoms with Crippen LogP contribution in [-0.4, -0.2) is 50.3 Å². The van der Waals surface area contributed by atoms with Crippen LogP contribution in [0.4, 0.5) is 5.69 Å². The summed E-state index contributed by atoms with van der Waals surface area (Å²) in [5.41, 5.74) is 1.16. The van der Waals surface area contributed by atoms with E-state index in [1.807, 2.05) is 30.3 Å². The summed E-state index contributed by atoms with van der Waals surface area (Å²) in [4.78, 5) is 28.8. The summed E-state index contributed by atoms with van der Waals surface area (Å²) in [5, 5.41) is 3.57. The molecule has 0 radical (unpaired) electrons. The van der Waals surface area contributed by atoms with Crippen molar-refractivity contribution in [3.05, 3.63) is 94.5 Å². The number of anilines is 1. The first-order chi connectivity index (χ1) is 19.6. The molecule has 0 heterocycles. The molecule has 1 atom stereocenters. The molecule has 7 nitrogen and oxygen atoms in total. The van der Waals surface area contributed by atoms with Crippen molar-refractivity contribution >= 4 is 50.7 Å². The third-order valence-corrected chi connectivity index (χ3v) is 9.57. The zero-order valence-corrected chi connectivity index (χ0v) is 25.3. The van der Waals surface area contributed by atoms with Gasteiger partial charge >= 0.3 is 0 Å². The normalized spacial score (nSPS) is 14.7. The highest BCUT2D eigenvalue weighted by atomic mass is 35.5. The van der Waals surface area contributed by atoms with Crippen LogP contribution in [0.2, 0.25) is 10.0 Å². The Bertz CT molecular complexity index is 1410. The third-order valence-electron chi connectivity index (χ3n) is 7.35. The van der Waals surface area contributed by atoms with Crippen LogP contribution in [0.5, 0.6) is 0 Å². The molecule has 4 rings (SSSR count). The number of halogens is 2. The van der Waals surface area contributed by atoms with Gasteiger partial charge in [0.2, 0.25) is 11.8 Å². The van der Waals surface area contributed by atoms with E-state index in [1.165, 1.54) is 35.2 Å². The number of carbonyl (C=O) groups is 2. The fraction of sp³-hybridized carbons (Fsp3) is 0.355. The van der Waals surface area contributed by atoms with Crippen LogP contribution in [0.3, 0.4) is 0 Å². The Labute approximate surface area is 252 Å². The van der Waals surface area contributed by atoms with E-state index >= 15 is 0 Å². The molecule has 2 amide bonds. The minimum Gasteiger partial charge on any atom is -0.352 e. The van der Waals surface area contributed by atoms with Crippen molar-refractivity contribution in [2.75, 3.05) is 17.4 Å². The Balaban J connectivity index is 1.65. The van der Waals surface area contributed by atoms with Crippen molar-refractivity contribution in [2.24, 2.45) is 0 Å². The minimum atomic E-state index is -4.18. The molecule has 3 aromatic rings. The maximum Gasteiger partial charge on any atom is 0.264 e. The van der Waals surface area contributed by atoms with E-state index in [0.717, 1.165) is 42.0 Å². The number of carbonyl (C=O) groups excluding carboxylic acids is 2. The average Bonchev–Trinajstić information content (AvgIpc) is 2.96. The van der Waals surface area contributed by atoms with Gasteiger partial charge in [0.1, 0.15) is 12.6 Å². The molecule has 0 aromatic heterocycles. The van der Waals surface area contributed by atoms with E-state index in [-0.39, 0.29) is 39.1 Å². The molecule has 1 N–H and O–H groups in total. The van der Waals surface area contributed by atoms with Gasteiger partial charge in [-0.1, -0.05) is 91.0 Å². The first-order valence-electron chi connectivity index (χ1n) is 13.8. The average molecular weight is 617 g/mol. The molecule has 0 unspecified atom stereocenters. The summed E-state index contributed by atoms with van der Waals surface area (Å²) in [7, 11) is -4.18. The number of benzene rings is 3. The Hall–Kier alpha value is -3.07.